The monoisotopic (exact) mass is 242 g/mol. The Morgan fingerprint density at radius 1 is 1.22 bits per heavy atom. The van der Waals surface area contributed by atoms with E-state index in [-0.39, 0.29) is 0 Å². The maximum Gasteiger partial charge on any atom is 0.221 e. The number of hydrogen-bond acceptors (Lipinski definition) is 3. The van der Waals surface area contributed by atoms with Crippen LogP contribution in [0.1, 0.15) is 18.4 Å². The van der Waals surface area contributed by atoms with Crippen molar-refractivity contribution in [1.29, 1.82) is 0 Å². The van der Waals surface area contributed by atoms with Crippen molar-refractivity contribution in [2.45, 2.75) is 25.9 Å². The van der Waals surface area contributed by atoms with E-state index in [2.05, 4.69) is 35.4 Å². The summed E-state index contributed by atoms with van der Waals surface area (Å²) in [5.41, 5.74) is 1.27. The Labute approximate surface area is 107 Å². The Kier molecular flexibility index (Phi) is 3.15. The van der Waals surface area contributed by atoms with Gasteiger partial charge in [-0.05, 0) is 50.4 Å². The van der Waals surface area contributed by atoms with Crippen LogP contribution in [-0.4, -0.2) is 24.2 Å². The van der Waals surface area contributed by atoms with Crippen LogP contribution in [0.2, 0.25) is 0 Å². The molecule has 0 aliphatic carbocycles. The number of hydrogen-bond donors (Lipinski definition) is 1. The van der Waals surface area contributed by atoms with Gasteiger partial charge in [-0.2, -0.15) is 0 Å². The molecular weight excluding hydrogens is 224 g/mol. The van der Waals surface area contributed by atoms with Crippen LogP contribution >= 0.6 is 0 Å². The molecule has 1 aromatic heterocycles. The first-order valence-corrected chi connectivity index (χ1v) is 6.56. The fourth-order valence-electron chi connectivity index (χ4n) is 2.43. The fourth-order valence-corrected chi connectivity index (χ4v) is 2.43. The van der Waals surface area contributed by atoms with Crippen LogP contribution < -0.4 is 10.1 Å². The topological polar surface area (TPSA) is 34.1 Å². The van der Waals surface area contributed by atoms with Gasteiger partial charge in [0.05, 0.1) is 0 Å². The molecule has 2 aromatic rings. The molecule has 1 fully saturated rings. The minimum absolute atomic E-state index is 0.297. The molecule has 18 heavy (non-hydrogen) atoms. The zero-order chi connectivity index (χ0) is 12.4. The van der Waals surface area contributed by atoms with Gasteiger partial charge in [-0.15, -0.1) is 0 Å². The molecule has 0 atom stereocenters. The number of ether oxygens (including phenoxy) is 1. The molecule has 0 unspecified atom stereocenters. The summed E-state index contributed by atoms with van der Waals surface area (Å²) < 4.78 is 6.06. The quantitative estimate of drug-likeness (QED) is 0.879. The van der Waals surface area contributed by atoms with Gasteiger partial charge >= 0.3 is 0 Å². The smallest absolute Gasteiger partial charge is 0.221 e. The third-order valence-corrected chi connectivity index (χ3v) is 3.45. The first kappa shape index (κ1) is 11.5. The number of pyridine rings is 1. The molecule has 1 aromatic carbocycles. The lowest BCUT2D eigenvalue weighted by atomic mass is 10.1. The highest BCUT2D eigenvalue weighted by molar-refractivity contribution is 5.87. The number of nitrogens with zero attached hydrogens (tertiary/aromatic N) is 1. The lowest BCUT2D eigenvalue weighted by Gasteiger charge is -2.23. The summed E-state index contributed by atoms with van der Waals surface area (Å²) >= 11 is 0. The van der Waals surface area contributed by atoms with E-state index in [4.69, 9.17) is 4.74 Å². The molecule has 1 aliphatic rings. The predicted octanol–water partition coefficient (Wildman–Crippen LogP) is 2.67. The number of benzene rings is 1. The van der Waals surface area contributed by atoms with Crippen LogP contribution in [0.3, 0.4) is 0 Å². The van der Waals surface area contributed by atoms with E-state index in [9.17, 15) is 0 Å². The van der Waals surface area contributed by atoms with Crippen LogP contribution in [0.15, 0.2) is 30.5 Å². The van der Waals surface area contributed by atoms with Gasteiger partial charge in [0.2, 0.25) is 5.88 Å². The Bertz CT molecular complexity index is 547. The van der Waals surface area contributed by atoms with Crippen molar-refractivity contribution in [2.24, 2.45) is 0 Å². The summed E-state index contributed by atoms with van der Waals surface area (Å²) in [4.78, 5) is 4.39. The third kappa shape index (κ3) is 2.31. The van der Waals surface area contributed by atoms with Gasteiger partial charge < -0.3 is 10.1 Å². The molecule has 1 aliphatic heterocycles. The Morgan fingerprint density at radius 3 is 2.89 bits per heavy atom. The summed E-state index contributed by atoms with van der Waals surface area (Å²) in [6.45, 7) is 4.18. The fraction of sp³-hybridized carbons (Fsp3) is 0.400. The minimum Gasteiger partial charge on any atom is -0.474 e. The second-order valence-corrected chi connectivity index (χ2v) is 4.91. The van der Waals surface area contributed by atoms with E-state index in [1.54, 1.807) is 0 Å². The summed E-state index contributed by atoms with van der Waals surface area (Å²) in [5, 5.41) is 5.66. The minimum atomic E-state index is 0.297. The SMILES string of the molecule is Cc1ccc2c(OC3CCNCC3)nccc2c1. The number of fused-ring (bicyclic) bond motifs is 1. The van der Waals surface area contributed by atoms with Crippen molar-refractivity contribution in [3.05, 3.63) is 36.0 Å². The van der Waals surface area contributed by atoms with E-state index >= 15 is 0 Å². The highest BCUT2D eigenvalue weighted by Crippen LogP contribution is 2.25. The number of rotatable bonds is 2. The Morgan fingerprint density at radius 2 is 2.06 bits per heavy atom. The van der Waals surface area contributed by atoms with Gasteiger partial charge in [0.25, 0.3) is 0 Å². The lowest BCUT2D eigenvalue weighted by Crippen LogP contribution is -2.34. The van der Waals surface area contributed by atoms with E-state index in [1.807, 2.05) is 12.3 Å². The highest BCUT2D eigenvalue weighted by atomic mass is 16.5. The predicted molar refractivity (Wildman–Crippen MR) is 73.0 cm³/mol. The van der Waals surface area contributed by atoms with Crippen molar-refractivity contribution < 1.29 is 4.74 Å². The molecule has 0 saturated carbocycles. The van der Waals surface area contributed by atoms with Crippen LogP contribution in [-0.2, 0) is 0 Å². The normalized spacial score (nSPS) is 16.9. The van der Waals surface area contributed by atoms with E-state index < -0.39 is 0 Å². The van der Waals surface area contributed by atoms with Crippen molar-refractivity contribution in [3.63, 3.8) is 0 Å². The average molecular weight is 242 g/mol. The summed E-state index contributed by atoms with van der Waals surface area (Å²) in [6, 6.07) is 8.43. The standard InChI is InChI=1S/C15H18N2O/c1-11-2-3-14-12(10-11)4-9-17-15(14)18-13-5-7-16-8-6-13/h2-4,9-10,13,16H,5-8H2,1H3. The average Bonchev–Trinajstić information content (AvgIpc) is 2.40. The molecular formula is C15H18N2O. The molecule has 0 bridgehead atoms. The zero-order valence-corrected chi connectivity index (χ0v) is 10.6. The van der Waals surface area contributed by atoms with Gasteiger partial charge in [0.1, 0.15) is 6.10 Å². The molecule has 2 heterocycles. The number of nitrogens with one attached hydrogen (secondary N) is 1. The first-order chi connectivity index (χ1) is 8.83. The van der Waals surface area contributed by atoms with Crippen LogP contribution in [0.5, 0.6) is 5.88 Å². The molecule has 3 heteroatoms. The second-order valence-electron chi connectivity index (χ2n) is 4.91. The maximum absolute atomic E-state index is 6.06. The maximum atomic E-state index is 6.06. The van der Waals surface area contributed by atoms with Gasteiger partial charge in [0, 0.05) is 11.6 Å². The first-order valence-electron chi connectivity index (χ1n) is 6.56. The van der Waals surface area contributed by atoms with Crippen LogP contribution in [0.4, 0.5) is 0 Å². The van der Waals surface area contributed by atoms with E-state index in [0.29, 0.717) is 6.10 Å². The highest BCUT2D eigenvalue weighted by Gasteiger charge is 2.16. The molecule has 0 radical (unpaired) electrons. The molecule has 94 valence electrons. The van der Waals surface area contributed by atoms with E-state index in [1.165, 1.54) is 10.9 Å². The van der Waals surface area contributed by atoms with Crippen molar-refractivity contribution in [2.75, 3.05) is 13.1 Å². The summed E-state index contributed by atoms with van der Waals surface area (Å²) in [6.07, 6.45) is 4.25. The van der Waals surface area contributed by atoms with Gasteiger partial charge in [-0.1, -0.05) is 17.7 Å². The number of piperidine rings is 1. The molecule has 1 saturated heterocycles. The Balaban J connectivity index is 1.91. The van der Waals surface area contributed by atoms with E-state index in [0.717, 1.165) is 37.2 Å². The van der Waals surface area contributed by atoms with Crippen molar-refractivity contribution >= 4 is 10.8 Å². The van der Waals surface area contributed by atoms with Crippen molar-refractivity contribution in [1.82, 2.24) is 10.3 Å². The van der Waals surface area contributed by atoms with Crippen molar-refractivity contribution in [3.8, 4) is 5.88 Å². The largest absolute Gasteiger partial charge is 0.474 e. The second kappa shape index (κ2) is 4.94. The van der Waals surface area contributed by atoms with Gasteiger partial charge in [-0.25, -0.2) is 4.98 Å². The third-order valence-electron chi connectivity index (χ3n) is 3.45. The summed E-state index contributed by atoms with van der Waals surface area (Å²) in [5.74, 6) is 0.777. The summed E-state index contributed by atoms with van der Waals surface area (Å²) in [7, 11) is 0. The number of aryl methyl sites for hydroxylation is 1. The van der Waals surface area contributed by atoms with Gasteiger partial charge in [0.15, 0.2) is 0 Å². The molecule has 0 spiro atoms. The Hall–Kier alpha value is -1.61. The molecule has 1 N–H and O–H groups in total. The van der Waals surface area contributed by atoms with Gasteiger partial charge in [-0.3, -0.25) is 0 Å². The number of aromatic nitrogens is 1. The van der Waals surface area contributed by atoms with Crippen LogP contribution in [0, 0.1) is 6.92 Å². The zero-order valence-electron chi connectivity index (χ0n) is 10.6. The molecule has 3 nitrogen and oxygen atoms in total. The lowest BCUT2D eigenvalue weighted by molar-refractivity contribution is 0.158. The molecule has 0 amide bonds. The van der Waals surface area contributed by atoms with Crippen LogP contribution in [0.25, 0.3) is 10.8 Å². The molecule has 3 rings (SSSR count).